The first kappa shape index (κ1) is 15.9. The number of rotatable bonds is 4. The van der Waals surface area contributed by atoms with E-state index in [1.54, 1.807) is 12.1 Å². The van der Waals surface area contributed by atoms with Crippen LogP contribution in [0.15, 0.2) is 60.7 Å². The molecule has 24 heavy (non-hydrogen) atoms. The van der Waals surface area contributed by atoms with Gasteiger partial charge in [-0.2, -0.15) is 0 Å². The zero-order chi connectivity index (χ0) is 16.9. The number of carbonyl (C=O) groups is 2. The average molecular weight is 324 g/mol. The fourth-order valence-electron chi connectivity index (χ4n) is 2.65. The first-order valence-corrected chi connectivity index (χ1v) is 7.91. The molecule has 3 amide bonds. The molecule has 6 nitrogen and oxygen atoms in total. The molecule has 6 heteroatoms. The molecule has 124 valence electrons. The lowest BCUT2D eigenvalue weighted by Crippen LogP contribution is -2.63. The maximum absolute atomic E-state index is 12.4. The molecule has 2 atom stereocenters. The molecule has 0 bridgehead atoms. The molecule has 0 saturated carbocycles. The van der Waals surface area contributed by atoms with Gasteiger partial charge in [0.15, 0.2) is 0 Å². The number of urea groups is 1. The first-order valence-electron chi connectivity index (χ1n) is 7.91. The molecule has 0 aliphatic carbocycles. The lowest BCUT2D eigenvalue weighted by atomic mass is 10.1. The first-order chi connectivity index (χ1) is 11.6. The van der Waals surface area contributed by atoms with Crippen molar-refractivity contribution in [1.82, 2.24) is 15.6 Å². The Morgan fingerprint density at radius 2 is 1.71 bits per heavy atom. The van der Waals surface area contributed by atoms with E-state index in [0.717, 1.165) is 5.69 Å². The molecule has 1 saturated heterocycles. The van der Waals surface area contributed by atoms with E-state index >= 15 is 0 Å². The van der Waals surface area contributed by atoms with Crippen molar-refractivity contribution in [3.63, 3.8) is 0 Å². The fourth-order valence-corrected chi connectivity index (χ4v) is 2.65. The number of nitrogens with one attached hydrogen (secondary N) is 3. The second-order valence-electron chi connectivity index (χ2n) is 5.79. The van der Waals surface area contributed by atoms with Crippen molar-refractivity contribution in [3.05, 3.63) is 66.2 Å². The lowest BCUT2D eigenvalue weighted by Gasteiger charge is -2.39. The number of carbonyl (C=O) groups excluding carboxylic acids is 2. The van der Waals surface area contributed by atoms with Gasteiger partial charge in [-0.1, -0.05) is 36.4 Å². The predicted octanol–water partition coefficient (Wildman–Crippen LogP) is 2.57. The highest BCUT2D eigenvalue weighted by atomic mass is 16.2. The van der Waals surface area contributed by atoms with Crippen molar-refractivity contribution in [2.45, 2.75) is 25.6 Å². The van der Waals surface area contributed by atoms with E-state index < -0.39 is 6.17 Å². The Bertz CT molecular complexity index is 705. The number of benzene rings is 2. The fraction of sp³-hybridized carbons (Fsp3) is 0.222. The monoisotopic (exact) mass is 324 g/mol. The van der Waals surface area contributed by atoms with E-state index in [1.807, 2.05) is 55.5 Å². The minimum Gasteiger partial charge on any atom is -0.334 e. The Labute approximate surface area is 140 Å². The zero-order valence-electron chi connectivity index (χ0n) is 13.4. The summed E-state index contributed by atoms with van der Waals surface area (Å²) in [6.07, 6.45) is 0.158. The molecule has 1 heterocycles. The van der Waals surface area contributed by atoms with Crippen LogP contribution in [-0.4, -0.2) is 29.2 Å². The Morgan fingerprint density at radius 3 is 2.38 bits per heavy atom. The summed E-state index contributed by atoms with van der Waals surface area (Å²) in [6.45, 7) is 1.92. The van der Waals surface area contributed by atoms with Crippen LogP contribution in [0.4, 0.5) is 10.5 Å². The molecule has 1 aliphatic heterocycles. The van der Waals surface area contributed by atoms with Crippen LogP contribution in [0, 0.1) is 0 Å². The maximum atomic E-state index is 12.4. The average Bonchev–Trinajstić information content (AvgIpc) is 2.59. The van der Waals surface area contributed by atoms with Crippen LogP contribution in [-0.2, 0) is 0 Å². The zero-order valence-corrected chi connectivity index (χ0v) is 13.4. The molecular weight excluding hydrogens is 304 g/mol. The molecule has 3 N–H and O–H groups in total. The van der Waals surface area contributed by atoms with Gasteiger partial charge in [-0.25, -0.2) is 9.80 Å². The van der Waals surface area contributed by atoms with Gasteiger partial charge >= 0.3 is 6.03 Å². The largest absolute Gasteiger partial charge is 0.338 e. The molecule has 0 radical (unpaired) electrons. The van der Waals surface area contributed by atoms with Crippen LogP contribution in [0.5, 0.6) is 0 Å². The normalized spacial score (nSPS) is 20.2. The SMILES string of the molecule is CC1CC(NC(=O)c2ccccc2)N(Nc2ccccc2)C(=O)N1. The molecule has 0 aromatic heterocycles. The Kier molecular flexibility index (Phi) is 4.65. The number of para-hydroxylation sites is 1. The quantitative estimate of drug-likeness (QED) is 0.809. The minimum absolute atomic E-state index is 0.0209. The van der Waals surface area contributed by atoms with Gasteiger partial charge in [-0.15, -0.1) is 0 Å². The lowest BCUT2D eigenvalue weighted by molar-refractivity contribution is 0.0853. The molecule has 3 rings (SSSR count). The highest BCUT2D eigenvalue weighted by Crippen LogP contribution is 2.16. The van der Waals surface area contributed by atoms with Crippen LogP contribution < -0.4 is 16.1 Å². The summed E-state index contributed by atoms with van der Waals surface area (Å²) in [5.41, 5.74) is 4.41. The van der Waals surface area contributed by atoms with E-state index in [-0.39, 0.29) is 18.0 Å². The summed E-state index contributed by atoms with van der Waals surface area (Å²) in [5.74, 6) is -0.206. The van der Waals surface area contributed by atoms with Crippen molar-refractivity contribution in [2.75, 3.05) is 5.43 Å². The standard InChI is InChI=1S/C18H20N4O2/c1-13-12-16(20-17(23)14-8-4-2-5-9-14)22(18(24)19-13)21-15-10-6-3-7-11-15/h2-11,13,16,21H,12H2,1H3,(H,19,24)(H,20,23). The number of hydrogen-bond acceptors (Lipinski definition) is 3. The maximum Gasteiger partial charge on any atom is 0.338 e. The van der Waals surface area contributed by atoms with Gasteiger partial charge in [-0.3, -0.25) is 10.2 Å². The van der Waals surface area contributed by atoms with Crippen molar-refractivity contribution < 1.29 is 9.59 Å². The topological polar surface area (TPSA) is 73.5 Å². The van der Waals surface area contributed by atoms with Crippen molar-refractivity contribution in [3.8, 4) is 0 Å². The smallest absolute Gasteiger partial charge is 0.334 e. The Hall–Kier alpha value is -3.02. The predicted molar refractivity (Wildman–Crippen MR) is 92.2 cm³/mol. The van der Waals surface area contributed by atoms with E-state index in [0.29, 0.717) is 12.0 Å². The minimum atomic E-state index is -0.443. The number of anilines is 1. The number of hydrazine groups is 1. The van der Waals surface area contributed by atoms with Crippen LogP contribution >= 0.6 is 0 Å². The third kappa shape index (κ3) is 3.65. The number of amides is 3. The van der Waals surface area contributed by atoms with Crippen LogP contribution in [0.25, 0.3) is 0 Å². The summed E-state index contributed by atoms with van der Waals surface area (Å²) in [4.78, 5) is 24.8. The van der Waals surface area contributed by atoms with Crippen molar-refractivity contribution in [1.29, 1.82) is 0 Å². The van der Waals surface area contributed by atoms with Crippen LogP contribution in [0.2, 0.25) is 0 Å². The Morgan fingerprint density at radius 1 is 1.08 bits per heavy atom. The summed E-state index contributed by atoms with van der Waals surface area (Å²) >= 11 is 0. The van der Waals surface area contributed by atoms with Gasteiger partial charge in [0.05, 0.1) is 5.69 Å². The molecule has 1 fully saturated rings. The van der Waals surface area contributed by atoms with Gasteiger partial charge in [0.1, 0.15) is 6.17 Å². The molecular formula is C18H20N4O2. The molecule has 2 aromatic carbocycles. The van der Waals surface area contributed by atoms with Gasteiger partial charge < -0.3 is 10.6 Å². The second-order valence-corrected chi connectivity index (χ2v) is 5.79. The van der Waals surface area contributed by atoms with E-state index in [2.05, 4.69) is 16.1 Å². The van der Waals surface area contributed by atoms with Crippen molar-refractivity contribution in [2.24, 2.45) is 0 Å². The van der Waals surface area contributed by atoms with Crippen LogP contribution in [0.3, 0.4) is 0 Å². The number of nitrogens with zero attached hydrogens (tertiary/aromatic N) is 1. The van der Waals surface area contributed by atoms with Gasteiger partial charge in [0.2, 0.25) is 0 Å². The summed E-state index contributed by atoms with van der Waals surface area (Å²) in [6, 6.07) is 18.1. The highest BCUT2D eigenvalue weighted by Gasteiger charge is 2.33. The molecule has 2 aromatic rings. The third-order valence-corrected chi connectivity index (χ3v) is 3.83. The summed E-state index contributed by atoms with van der Waals surface area (Å²) in [7, 11) is 0. The van der Waals surface area contributed by atoms with E-state index in [1.165, 1.54) is 5.01 Å². The molecule has 2 unspecified atom stereocenters. The van der Waals surface area contributed by atoms with Crippen LogP contribution in [0.1, 0.15) is 23.7 Å². The van der Waals surface area contributed by atoms with Crippen molar-refractivity contribution >= 4 is 17.6 Å². The summed E-state index contributed by atoms with van der Waals surface area (Å²) < 4.78 is 0. The molecule has 0 spiro atoms. The van der Waals surface area contributed by atoms with Gasteiger partial charge in [-0.05, 0) is 31.2 Å². The summed E-state index contributed by atoms with van der Waals surface area (Å²) in [5, 5.41) is 7.22. The highest BCUT2D eigenvalue weighted by molar-refractivity contribution is 5.94. The Balaban J connectivity index is 1.76. The van der Waals surface area contributed by atoms with Gasteiger partial charge in [0.25, 0.3) is 5.91 Å². The molecule has 1 aliphatic rings. The van der Waals surface area contributed by atoms with E-state index in [9.17, 15) is 9.59 Å². The number of hydrogen-bond donors (Lipinski definition) is 3. The second kappa shape index (κ2) is 7.04. The van der Waals surface area contributed by atoms with Gasteiger partial charge in [0, 0.05) is 18.0 Å². The van der Waals surface area contributed by atoms with E-state index in [4.69, 9.17) is 0 Å². The third-order valence-electron chi connectivity index (χ3n) is 3.83.